The highest BCUT2D eigenvalue weighted by molar-refractivity contribution is 5.97. The molecule has 3 aliphatic rings. The summed E-state index contributed by atoms with van der Waals surface area (Å²) in [6, 6.07) is 8.72. The highest BCUT2D eigenvalue weighted by atomic mass is 19.1. The standard InChI is InChI=1S/C26H26F2N4/c1-13-4-3-5-18-22(13)30-26(20-12-29-24-19(20)10-17(27)11-21(24)28)32-25(18)31-23-14(2)15-6-8-16(23)9-7-15/h3-5,10-12,14-16,23,29H,6-9H2,1-2H3,(H,30,31,32)/t14-,15?,16?,23+/m0/s1. The van der Waals surface area contributed by atoms with Gasteiger partial charge in [-0.2, -0.15) is 0 Å². The molecule has 2 heterocycles. The van der Waals surface area contributed by atoms with Crippen LogP contribution < -0.4 is 5.32 Å². The van der Waals surface area contributed by atoms with Gasteiger partial charge in [-0.3, -0.25) is 0 Å². The van der Waals surface area contributed by atoms with Gasteiger partial charge < -0.3 is 10.3 Å². The van der Waals surface area contributed by atoms with Gasteiger partial charge in [0.2, 0.25) is 0 Å². The minimum atomic E-state index is -0.617. The van der Waals surface area contributed by atoms with Crippen LogP contribution in [0, 0.1) is 36.3 Å². The van der Waals surface area contributed by atoms with E-state index in [1.807, 2.05) is 19.1 Å². The van der Waals surface area contributed by atoms with E-state index in [2.05, 4.69) is 23.3 Å². The second kappa shape index (κ2) is 7.26. The smallest absolute Gasteiger partial charge is 0.164 e. The monoisotopic (exact) mass is 432 g/mol. The molecule has 7 rings (SSSR count). The van der Waals surface area contributed by atoms with Crippen LogP contribution in [0.25, 0.3) is 33.2 Å². The number of aryl methyl sites for hydroxylation is 1. The Bertz CT molecular complexity index is 1330. The quantitative estimate of drug-likeness (QED) is 0.383. The number of benzene rings is 2. The van der Waals surface area contributed by atoms with Gasteiger partial charge in [-0.25, -0.2) is 18.7 Å². The maximum absolute atomic E-state index is 14.3. The molecule has 0 radical (unpaired) electrons. The van der Waals surface area contributed by atoms with Crippen molar-refractivity contribution in [1.82, 2.24) is 15.0 Å². The van der Waals surface area contributed by atoms with Gasteiger partial charge in [0.1, 0.15) is 17.5 Å². The van der Waals surface area contributed by atoms with E-state index >= 15 is 0 Å². The summed E-state index contributed by atoms with van der Waals surface area (Å²) in [5, 5.41) is 5.23. The van der Waals surface area contributed by atoms with E-state index in [0.717, 1.165) is 34.3 Å². The summed E-state index contributed by atoms with van der Waals surface area (Å²) in [7, 11) is 0. The zero-order valence-electron chi connectivity index (χ0n) is 18.3. The van der Waals surface area contributed by atoms with Gasteiger partial charge >= 0.3 is 0 Å². The highest BCUT2D eigenvalue weighted by Gasteiger charge is 2.41. The molecular formula is C26H26F2N4. The van der Waals surface area contributed by atoms with Gasteiger partial charge in [0.25, 0.3) is 0 Å². The number of aromatic nitrogens is 3. The van der Waals surface area contributed by atoms with E-state index in [-0.39, 0.29) is 5.52 Å². The van der Waals surface area contributed by atoms with Crippen molar-refractivity contribution in [2.75, 3.05) is 5.32 Å². The summed E-state index contributed by atoms with van der Waals surface area (Å²) >= 11 is 0. The molecular weight excluding hydrogens is 406 g/mol. The number of nitrogens with zero attached hydrogens (tertiary/aromatic N) is 2. The highest BCUT2D eigenvalue weighted by Crippen LogP contribution is 2.46. The Hall–Kier alpha value is -3.02. The SMILES string of the molecule is Cc1cccc2c(N[C@H]3C4CCC(CC4)[C@@H]3C)nc(-c3c[nH]c4c(F)cc(F)cc34)nc12. The summed E-state index contributed by atoms with van der Waals surface area (Å²) in [5.74, 6) is 2.07. The molecule has 0 saturated heterocycles. The summed E-state index contributed by atoms with van der Waals surface area (Å²) in [6.45, 7) is 4.39. The lowest BCUT2D eigenvalue weighted by Gasteiger charge is -2.47. The molecule has 2 bridgehead atoms. The molecule has 0 amide bonds. The lowest BCUT2D eigenvalue weighted by Crippen LogP contribution is -2.47. The van der Waals surface area contributed by atoms with E-state index < -0.39 is 11.6 Å². The molecule has 32 heavy (non-hydrogen) atoms. The van der Waals surface area contributed by atoms with Crippen LogP contribution in [0.5, 0.6) is 0 Å². The summed E-state index contributed by atoms with van der Waals surface area (Å²) in [4.78, 5) is 12.7. The number of anilines is 1. The van der Waals surface area contributed by atoms with Gasteiger partial charge in [-0.15, -0.1) is 0 Å². The first-order valence-electron chi connectivity index (χ1n) is 11.5. The molecule has 3 saturated carbocycles. The summed E-state index contributed by atoms with van der Waals surface area (Å²) in [6.07, 6.45) is 6.85. The molecule has 0 unspecified atom stereocenters. The van der Waals surface area contributed by atoms with Crippen LogP contribution >= 0.6 is 0 Å². The maximum Gasteiger partial charge on any atom is 0.164 e. The van der Waals surface area contributed by atoms with Gasteiger partial charge in [-0.1, -0.05) is 19.1 Å². The maximum atomic E-state index is 14.3. The first kappa shape index (κ1) is 19.6. The van der Waals surface area contributed by atoms with E-state index in [0.29, 0.717) is 34.7 Å². The van der Waals surface area contributed by atoms with Gasteiger partial charge in [0.05, 0.1) is 11.0 Å². The van der Waals surface area contributed by atoms with Crippen LogP contribution in [-0.2, 0) is 0 Å². The van der Waals surface area contributed by atoms with Gasteiger partial charge in [-0.05, 0) is 68.1 Å². The number of H-pyrrole nitrogens is 1. The fourth-order valence-corrected chi connectivity index (χ4v) is 6.03. The number of hydrogen-bond donors (Lipinski definition) is 2. The average Bonchev–Trinajstić information content (AvgIpc) is 3.21. The zero-order chi connectivity index (χ0) is 22.0. The van der Waals surface area contributed by atoms with Crippen molar-refractivity contribution < 1.29 is 8.78 Å². The average molecular weight is 433 g/mol. The van der Waals surface area contributed by atoms with Gasteiger partial charge in [0.15, 0.2) is 5.82 Å². The van der Waals surface area contributed by atoms with Crippen LogP contribution in [-0.4, -0.2) is 21.0 Å². The number of fused-ring (bicyclic) bond motifs is 5. The minimum Gasteiger partial charge on any atom is -0.366 e. The zero-order valence-corrected chi connectivity index (χ0v) is 18.3. The number of rotatable bonds is 3. The minimum absolute atomic E-state index is 0.266. The second-order valence-electron chi connectivity index (χ2n) is 9.58. The van der Waals surface area contributed by atoms with Crippen molar-refractivity contribution in [2.45, 2.75) is 45.6 Å². The van der Waals surface area contributed by atoms with E-state index in [1.54, 1.807) is 6.20 Å². The lowest BCUT2D eigenvalue weighted by molar-refractivity contribution is 0.0929. The lowest BCUT2D eigenvalue weighted by atomic mass is 9.62. The fraction of sp³-hybridized carbons (Fsp3) is 0.385. The molecule has 3 aliphatic carbocycles. The molecule has 6 heteroatoms. The molecule has 2 N–H and O–H groups in total. The van der Waals surface area contributed by atoms with Crippen LogP contribution in [0.4, 0.5) is 14.6 Å². The first-order chi connectivity index (χ1) is 15.5. The van der Waals surface area contributed by atoms with E-state index in [9.17, 15) is 8.78 Å². The Balaban J connectivity index is 1.52. The Morgan fingerprint density at radius 1 is 1.00 bits per heavy atom. The van der Waals surface area contributed by atoms with Crippen molar-refractivity contribution in [2.24, 2.45) is 17.8 Å². The molecule has 2 aromatic heterocycles. The van der Waals surface area contributed by atoms with Crippen LogP contribution in [0.3, 0.4) is 0 Å². The number of aromatic amines is 1. The van der Waals surface area contributed by atoms with Crippen molar-refractivity contribution >= 4 is 27.6 Å². The molecule has 2 atom stereocenters. The van der Waals surface area contributed by atoms with Crippen molar-refractivity contribution in [3.05, 3.63) is 53.7 Å². The largest absolute Gasteiger partial charge is 0.366 e. The number of halogens is 2. The third kappa shape index (κ3) is 2.99. The van der Waals surface area contributed by atoms with Crippen molar-refractivity contribution in [3.63, 3.8) is 0 Å². The predicted octanol–water partition coefficient (Wildman–Crippen LogP) is 6.60. The summed E-state index contributed by atoms with van der Waals surface area (Å²) < 4.78 is 28.3. The normalized spacial score (nSPS) is 25.0. The van der Waals surface area contributed by atoms with Gasteiger partial charge in [0, 0.05) is 34.6 Å². The number of para-hydroxylation sites is 1. The van der Waals surface area contributed by atoms with E-state index in [4.69, 9.17) is 9.97 Å². The molecule has 4 nitrogen and oxygen atoms in total. The Morgan fingerprint density at radius 2 is 1.78 bits per heavy atom. The van der Waals surface area contributed by atoms with E-state index in [1.165, 1.54) is 31.7 Å². The molecule has 3 fully saturated rings. The van der Waals surface area contributed by atoms with Crippen LogP contribution in [0.15, 0.2) is 36.5 Å². The third-order valence-electron chi connectivity index (χ3n) is 7.81. The van der Waals surface area contributed by atoms with Crippen molar-refractivity contribution in [1.29, 1.82) is 0 Å². The summed E-state index contributed by atoms with van der Waals surface area (Å²) in [5.41, 5.74) is 2.77. The van der Waals surface area contributed by atoms with Crippen LogP contribution in [0.2, 0.25) is 0 Å². The Labute approximate surface area is 185 Å². The van der Waals surface area contributed by atoms with Crippen molar-refractivity contribution in [3.8, 4) is 11.4 Å². The fourth-order valence-electron chi connectivity index (χ4n) is 6.03. The molecule has 164 valence electrons. The predicted molar refractivity (Wildman–Crippen MR) is 124 cm³/mol. The topological polar surface area (TPSA) is 53.6 Å². The number of nitrogens with one attached hydrogen (secondary N) is 2. The third-order valence-corrected chi connectivity index (χ3v) is 7.81. The number of hydrogen-bond acceptors (Lipinski definition) is 3. The molecule has 0 spiro atoms. The Kier molecular flexibility index (Phi) is 4.46. The second-order valence-corrected chi connectivity index (χ2v) is 9.58. The molecule has 4 aromatic rings. The molecule has 0 aliphatic heterocycles. The molecule has 2 aromatic carbocycles. The Morgan fingerprint density at radius 3 is 2.56 bits per heavy atom. The van der Waals surface area contributed by atoms with Crippen LogP contribution in [0.1, 0.15) is 38.2 Å². The first-order valence-corrected chi connectivity index (χ1v) is 11.5.